The van der Waals surface area contributed by atoms with E-state index in [2.05, 4.69) is 27.1 Å². The minimum absolute atomic E-state index is 0.754. The van der Waals surface area contributed by atoms with Gasteiger partial charge in [0.25, 0.3) is 0 Å². The summed E-state index contributed by atoms with van der Waals surface area (Å²) in [5.74, 6) is 1.85. The molecule has 0 atom stereocenters. The summed E-state index contributed by atoms with van der Waals surface area (Å²) in [4.78, 5) is 11.2. The van der Waals surface area contributed by atoms with Gasteiger partial charge in [-0.05, 0) is 38.1 Å². The van der Waals surface area contributed by atoms with Gasteiger partial charge in [-0.15, -0.1) is 0 Å². The maximum absolute atomic E-state index is 4.57. The van der Waals surface area contributed by atoms with Crippen molar-refractivity contribution >= 4 is 11.6 Å². The topological polar surface area (TPSA) is 41.0 Å². The van der Waals surface area contributed by atoms with E-state index in [0.29, 0.717) is 0 Å². The number of hydrogen-bond acceptors (Lipinski definition) is 4. The second-order valence-electron chi connectivity index (χ2n) is 4.54. The van der Waals surface area contributed by atoms with Crippen LogP contribution in [0.3, 0.4) is 0 Å². The van der Waals surface area contributed by atoms with E-state index in [1.54, 1.807) is 0 Å². The van der Waals surface area contributed by atoms with Crippen LogP contribution in [0.2, 0.25) is 0 Å². The lowest BCUT2D eigenvalue weighted by atomic mass is 10.3. The fourth-order valence-corrected chi connectivity index (χ4v) is 1.93. The SMILES string of the molecule is CCNc1cccc(N(C)Cc2cccc(C)n2)n1. The molecule has 0 aromatic carbocycles. The number of aryl methyl sites for hydroxylation is 1. The molecular formula is C15H20N4. The number of nitrogens with one attached hydrogen (secondary N) is 1. The lowest BCUT2D eigenvalue weighted by Gasteiger charge is -2.18. The maximum Gasteiger partial charge on any atom is 0.131 e. The smallest absolute Gasteiger partial charge is 0.131 e. The Bertz CT molecular complexity index is 539. The summed E-state index contributed by atoms with van der Waals surface area (Å²) in [7, 11) is 2.03. The Hall–Kier alpha value is -2.10. The summed E-state index contributed by atoms with van der Waals surface area (Å²) in [5, 5.41) is 3.22. The van der Waals surface area contributed by atoms with Crippen molar-refractivity contribution < 1.29 is 0 Å². The Labute approximate surface area is 114 Å². The van der Waals surface area contributed by atoms with E-state index in [1.807, 2.05) is 50.4 Å². The molecule has 0 spiro atoms. The van der Waals surface area contributed by atoms with Gasteiger partial charge in [0, 0.05) is 19.3 Å². The molecule has 0 amide bonds. The summed E-state index contributed by atoms with van der Waals surface area (Å²) in [6, 6.07) is 12.1. The van der Waals surface area contributed by atoms with Gasteiger partial charge < -0.3 is 10.2 Å². The van der Waals surface area contributed by atoms with Crippen molar-refractivity contribution in [2.24, 2.45) is 0 Å². The Kier molecular flexibility index (Phi) is 4.34. The van der Waals surface area contributed by atoms with Crippen LogP contribution in [-0.2, 0) is 6.54 Å². The molecule has 0 unspecified atom stereocenters. The normalized spacial score (nSPS) is 10.3. The standard InChI is InChI=1S/C15H20N4/c1-4-16-14-9-6-10-15(18-14)19(3)11-13-8-5-7-12(2)17-13/h5-10H,4,11H2,1-3H3,(H,16,18). The van der Waals surface area contributed by atoms with Crippen LogP contribution in [0.1, 0.15) is 18.3 Å². The number of nitrogens with zero attached hydrogens (tertiary/aromatic N) is 3. The summed E-state index contributed by atoms with van der Waals surface area (Å²) in [5.41, 5.74) is 2.10. The van der Waals surface area contributed by atoms with Gasteiger partial charge in [-0.25, -0.2) is 4.98 Å². The van der Waals surface area contributed by atoms with Crippen LogP contribution in [0.4, 0.5) is 11.6 Å². The minimum Gasteiger partial charge on any atom is -0.370 e. The Balaban J connectivity index is 2.11. The van der Waals surface area contributed by atoms with Crippen molar-refractivity contribution in [2.45, 2.75) is 20.4 Å². The van der Waals surface area contributed by atoms with Crippen molar-refractivity contribution in [3.63, 3.8) is 0 Å². The van der Waals surface area contributed by atoms with Crippen LogP contribution in [0, 0.1) is 6.92 Å². The lowest BCUT2D eigenvalue weighted by Crippen LogP contribution is -2.19. The molecule has 0 aliphatic rings. The minimum atomic E-state index is 0.754. The third kappa shape index (κ3) is 3.68. The van der Waals surface area contributed by atoms with Crippen molar-refractivity contribution in [1.29, 1.82) is 0 Å². The van der Waals surface area contributed by atoms with Crippen LogP contribution in [-0.4, -0.2) is 23.6 Å². The van der Waals surface area contributed by atoms with E-state index >= 15 is 0 Å². The first-order valence-electron chi connectivity index (χ1n) is 6.53. The van der Waals surface area contributed by atoms with Crippen molar-refractivity contribution in [3.05, 3.63) is 47.8 Å². The average Bonchev–Trinajstić information content (AvgIpc) is 2.39. The summed E-state index contributed by atoms with van der Waals surface area (Å²) in [6.07, 6.45) is 0. The van der Waals surface area contributed by atoms with Gasteiger partial charge in [0.05, 0.1) is 12.2 Å². The fourth-order valence-electron chi connectivity index (χ4n) is 1.93. The molecule has 0 aliphatic heterocycles. The second-order valence-corrected chi connectivity index (χ2v) is 4.54. The van der Waals surface area contributed by atoms with Gasteiger partial charge in [0.15, 0.2) is 0 Å². The first kappa shape index (κ1) is 13.3. The highest BCUT2D eigenvalue weighted by Crippen LogP contribution is 2.14. The molecule has 2 aromatic rings. The van der Waals surface area contributed by atoms with Crippen molar-refractivity contribution in [2.75, 3.05) is 23.8 Å². The number of hydrogen-bond donors (Lipinski definition) is 1. The van der Waals surface area contributed by atoms with Gasteiger partial charge in [-0.3, -0.25) is 4.98 Å². The van der Waals surface area contributed by atoms with Gasteiger partial charge in [0.1, 0.15) is 11.6 Å². The molecule has 0 radical (unpaired) electrons. The average molecular weight is 256 g/mol. The molecule has 4 heteroatoms. The van der Waals surface area contributed by atoms with Crippen LogP contribution in [0.15, 0.2) is 36.4 Å². The van der Waals surface area contributed by atoms with E-state index in [4.69, 9.17) is 0 Å². The summed E-state index contributed by atoms with van der Waals surface area (Å²) < 4.78 is 0. The molecule has 0 bridgehead atoms. The zero-order chi connectivity index (χ0) is 13.7. The number of aromatic nitrogens is 2. The van der Waals surface area contributed by atoms with Gasteiger partial charge in [0.2, 0.25) is 0 Å². The van der Waals surface area contributed by atoms with E-state index in [1.165, 1.54) is 0 Å². The van der Waals surface area contributed by atoms with Crippen molar-refractivity contribution in [1.82, 2.24) is 9.97 Å². The number of rotatable bonds is 5. The molecule has 0 fully saturated rings. The summed E-state index contributed by atoms with van der Waals surface area (Å²) in [6.45, 7) is 5.70. The predicted octanol–water partition coefficient (Wildman–Crippen LogP) is 2.85. The Morgan fingerprint density at radius 2 is 1.89 bits per heavy atom. The first-order valence-corrected chi connectivity index (χ1v) is 6.53. The largest absolute Gasteiger partial charge is 0.370 e. The lowest BCUT2D eigenvalue weighted by molar-refractivity contribution is 0.859. The van der Waals surface area contributed by atoms with Crippen LogP contribution >= 0.6 is 0 Å². The van der Waals surface area contributed by atoms with Crippen LogP contribution in [0.5, 0.6) is 0 Å². The Morgan fingerprint density at radius 1 is 1.11 bits per heavy atom. The van der Waals surface area contributed by atoms with Gasteiger partial charge in [-0.2, -0.15) is 0 Å². The molecule has 19 heavy (non-hydrogen) atoms. The van der Waals surface area contributed by atoms with Crippen LogP contribution in [0.25, 0.3) is 0 Å². The molecule has 2 rings (SSSR count). The third-order valence-electron chi connectivity index (χ3n) is 2.83. The van der Waals surface area contributed by atoms with E-state index in [9.17, 15) is 0 Å². The van der Waals surface area contributed by atoms with E-state index < -0.39 is 0 Å². The Morgan fingerprint density at radius 3 is 2.63 bits per heavy atom. The molecule has 4 nitrogen and oxygen atoms in total. The zero-order valence-electron chi connectivity index (χ0n) is 11.7. The number of pyridine rings is 2. The predicted molar refractivity (Wildman–Crippen MR) is 79.5 cm³/mol. The van der Waals surface area contributed by atoms with Gasteiger partial charge in [-0.1, -0.05) is 12.1 Å². The molecule has 0 aliphatic carbocycles. The second kappa shape index (κ2) is 6.18. The van der Waals surface area contributed by atoms with Crippen molar-refractivity contribution in [3.8, 4) is 0 Å². The first-order chi connectivity index (χ1) is 9.19. The molecular weight excluding hydrogens is 236 g/mol. The molecule has 2 heterocycles. The highest BCUT2D eigenvalue weighted by molar-refractivity contribution is 5.46. The third-order valence-corrected chi connectivity index (χ3v) is 2.83. The zero-order valence-corrected chi connectivity index (χ0v) is 11.7. The molecule has 0 saturated carbocycles. The fraction of sp³-hybridized carbons (Fsp3) is 0.333. The highest BCUT2D eigenvalue weighted by Gasteiger charge is 2.05. The molecule has 100 valence electrons. The quantitative estimate of drug-likeness (QED) is 0.893. The molecule has 1 N–H and O–H groups in total. The molecule has 2 aromatic heterocycles. The molecule has 0 saturated heterocycles. The van der Waals surface area contributed by atoms with E-state index in [-0.39, 0.29) is 0 Å². The monoisotopic (exact) mass is 256 g/mol. The number of anilines is 2. The highest BCUT2D eigenvalue weighted by atomic mass is 15.2. The van der Waals surface area contributed by atoms with E-state index in [0.717, 1.165) is 36.1 Å². The van der Waals surface area contributed by atoms with Gasteiger partial charge >= 0.3 is 0 Å². The maximum atomic E-state index is 4.57. The van der Waals surface area contributed by atoms with Crippen LogP contribution < -0.4 is 10.2 Å². The summed E-state index contributed by atoms with van der Waals surface area (Å²) >= 11 is 0.